The molecule has 0 radical (unpaired) electrons. The van der Waals surface area contributed by atoms with Gasteiger partial charge in [0.2, 0.25) is 0 Å². The van der Waals surface area contributed by atoms with E-state index in [2.05, 4.69) is 13.8 Å². The first kappa shape index (κ1) is 20.1. The molecule has 168 valence electrons. The van der Waals surface area contributed by atoms with Gasteiger partial charge in [0.1, 0.15) is 6.10 Å². The fourth-order valence-corrected chi connectivity index (χ4v) is 10.8. The first-order chi connectivity index (χ1) is 14.4. The molecule has 0 saturated heterocycles. The number of carbonyl (C=O) groups is 1. The van der Waals surface area contributed by atoms with Crippen molar-refractivity contribution in [1.29, 1.82) is 0 Å². The minimum atomic E-state index is -0.0758. The van der Waals surface area contributed by atoms with E-state index >= 15 is 0 Å². The van der Waals surface area contributed by atoms with E-state index in [-0.39, 0.29) is 12.1 Å². The molecule has 2 heteroatoms. The van der Waals surface area contributed by atoms with Crippen LogP contribution in [0.5, 0.6) is 0 Å². The second kappa shape index (κ2) is 6.98. The molecule has 0 bridgehead atoms. The van der Waals surface area contributed by atoms with Gasteiger partial charge in [-0.15, -0.1) is 0 Å². The van der Waals surface area contributed by atoms with Crippen LogP contribution in [0.15, 0.2) is 0 Å². The van der Waals surface area contributed by atoms with Gasteiger partial charge in [-0.05, 0) is 142 Å². The minimum Gasteiger partial charge on any atom is -0.463 e. The molecule has 0 aromatic heterocycles. The molecule has 6 rings (SSSR count). The minimum absolute atomic E-state index is 0.0758. The van der Waals surface area contributed by atoms with E-state index in [1.807, 2.05) is 0 Å². The highest BCUT2D eigenvalue weighted by atomic mass is 16.5. The third kappa shape index (κ3) is 2.90. The lowest BCUT2D eigenvalue weighted by Gasteiger charge is -2.61. The van der Waals surface area contributed by atoms with Gasteiger partial charge in [-0.1, -0.05) is 13.8 Å². The predicted molar refractivity (Wildman–Crippen MR) is 120 cm³/mol. The molecular weight excluding hydrogens is 368 g/mol. The molecule has 6 saturated carbocycles. The van der Waals surface area contributed by atoms with Gasteiger partial charge in [0.15, 0.2) is 0 Å². The largest absolute Gasteiger partial charge is 0.463 e. The topological polar surface area (TPSA) is 26.3 Å². The number of hydrogen-bond donors (Lipinski definition) is 0. The fourth-order valence-electron chi connectivity index (χ4n) is 10.8. The average molecular weight is 413 g/mol. The van der Waals surface area contributed by atoms with Crippen molar-refractivity contribution in [3.8, 4) is 0 Å². The van der Waals surface area contributed by atoms with Crippen molar-refractivity contribution in [2.75, 3.05) is 0 Å². The van der Waals surface area contributed by atoms with Gasteiger partial charge in [-0.2, -0.15) is 0 Å². The highest BCUT2D eigenvalue weighted by molar-refractivity contribution is 5.66. The molecule has 0 amide bonds. The quantitative estimate of drug-likeness (QED) is 0.456. The van der Waals surface area contributed by atoms with Gasteiger partial charge in [-0.3, -0.25) is 4.79 Å². The molecule has 30 heavy (non-hydrogen) atoms. The van der Waals surface area contributed by atoms with E-state index in [0.29, 0.717) is 10.8 Å². The first-order valence-corrected chi connectivity index (χ1v) is 13.6. The summed E-state index contributed by atoms with van der Waals surface area (Å²) in [5, 5.41) is 0. The third-order valence-corrected chi connectivity index (χ3v) is 12.1. The molecule has 0 aromatic rings. The maximum absolute atomic E-state index is 11.5. The van der Waals surface area contributed by atoms with Crippen molar-refractivity contribution in [3.05, 3.63) is 0 Å². The summed E-state index contributed by atoms with van der Waals surface area (Å²) in [6, 6.07) is 0. The maximum atomic E-state index is 11.5. The molecule has 10 unspecified atom stereocenters. The van der Waals surface area contributed by atoms with Crippen LogP contribution in [0.2, 0.25) is 0 Å². The highest BCUT2D eigenvalue weighted by Gasteiger charge is 2.64. The fraction of sp³-hybridized carbons (Fsp3) is 0.964. The standard InChI is InChI=1S/C28H44O2/c1-17(29)30-20-7-10-21-18(16-20)4-8-23-22(21)11-12-25-24(23)9-5-19-6-13-26(28(19,25)3)27(2)14-15-27/h18-26H,4-16H2,1-3H3. The summed E-state index contributed by atoms with van der Waals surface area (Å²) in [4.78, 5) is 11.5. The smallest absolute Gasteiger partial charge is 0.302 e. The Bertz CT molecular complexity index is 695. The number of esters is 1. The van der Waals surface area contributed by atoms with Crippen LogP contribution in [0.1, 0.15) is 104 Å². The van der Waals surface area contributed by atoms with Crippen LogP contribution in [0.4, 0.5) is 0 Å². The first-order valence-electron chi connectivity index (χ1n) is 13.6. The zero-order valence-corrected chi connectivity index (χ0v) is 19.7. The van der Waals surface area contributed by atoms with Crippen molar-refractivity contribution in [1.82, 2.24) is 0 Å². The lowest BCUT2D eigenvalue weighted by molar-refractivity contribution is -0.154. The summed E-state index contributed by atoms with van der Waals surface area (Å²) in [6.07, 6.45) is 18.9. The van der Waals surface area contributed by atoms with Gasteiger partial charge >= 0.3 is 5.97 Å². The van der Waals surface area contributed by atoms with Crippen molar-refractivity contribution in [3.63, 3.8) is 0 Å². The molecule has 10 atom stereocenters. The molecule has 6 aliphatic carbocycles. The summed E-state index contributed by atoms with van der Waals surface area (Å²) < 4.78 is 5.63. The zero-order chi connectivity index (χ0) is 20.7. The molecule has 0 heterocycles. The highest BCUT2D eigenvalue weighted by Crippen LogP contribution is 2.72. The maximum Gasteiger partial charge on any atom is 0.302 e. The van der Waals surface area contributed by atoms with Crippen molar-refractivity contribution in [2.45, 2.75) is 110 Å². The molecule has 0 aromatic carbocycles. The monoisotopic (exact) mass is 412 g/mol. The van der Waals surface area contributed by atoms with Crippen LogP contribution in [-0.4, -0.2) is 12.1 Å². The third-order valence-electron chi connectivity index (χ3n) is 12.1. The Labute approximate surface area is 184 Å². The predicted octanol–water partition coefficient (Wildman–Crippen LogP) is 7.01. The van der Waals surface area contributed by atoms with E-state index < -0.39 is 0 Å². The normalized spacial score (nSPS) is 53.6. The summed E-state index contributed by atoms with van der Waals surface area (Å²) in [7, 11) is 0. The Balaban J connectivity index is 1.21. The molecule has 6 fully saturated rings. The van der Waals surface area contributed by atoms with E-state index in [1.165, 1.54) is 64.2 Å². The van der Waals surface area contributed by atoms with Crippen LogP contribution >= 0.6 is 0 Å². The summed E-state index contributed by atoms with van der Waals surface area (Å²) in [6.45, 7) is 7.00. The number of rotatable bonds is 2. The van der Waals surface area contributed by atoms with Crippen LogP contribution in [0, 0.1) is 58.2 Å². The number of ether oxygens (including phenoxy) is 1. The molecule has 6 aliphatic rings. The molecule has 0 N–H and O–H groups in total. The van der Waals surface area contributed by atoms with Gasteiger partial charge in [0.25, 0.3) is 0 Å². The zero-order valence-electron chi connectivity index (χ0n) is 19.7. The summed E-state index contributed by atoms with van der Waals surface area (Å²) >= 11 is 0. The second-order valence-electron chi connectivity index (χ2n) is 13.1. The molecular formula is C28H44O2. The molecule has 0 spiro atoms. The molecule has 2 nitrogen and oxygen atoms in total. The van der Waals surface area contributed by atoms with E-state index in [0.717, 1.165) is 60.2 Å². The van der Waals surface area contributed by atoms with Crippen LogP contribution in [0.3, 0.4) is 0 Å². The molecule has 0 aliphatic heterocycles. The summed E-state index contributed by atoms with van der Waals surface area (Å²) in [5.74, 6) is 7.80. The number of fused-ring (bicyclic) bond motifs is 7. The van der Waals surface area contributed by atoms with Crippen LogP contribution in [0.25, 0.3) is 0 Å². The average Bonchev–Trinajstić information content (AvgIpc) is 3.35. The SMILES string of the molecule is CC(=O)OC1CCC2C(CCC3C2CCC2C3CCC3CCC(C4(C)CC4)C32C)C1. The van der Waals surface area contributed by atoms with Gasteiger partial charge in [0, 0.05) is 6.92 Å². The number of carbonyl (C=O) groups excluding carboxylic acids is 1. The Kier molecular flexibility index (Phi) is 4.68. The Hall–Kier alpha value is -0.530. The Morgan fingerprint density at radius 2 is 1.43 bits per heavy atom. The number of hydrogen-bond acceptors (Lipinski definition) is 2. The van der Waals surface area contributed by atoms with Crippen molar-refractivity contribution in [2.24, 2.45) is 58.2 Å². The van der Waals surface area contributed by atoms with Gasteiger partial charge < -0.3 is 4.74 Å². The summed E-state index contributed by atoms with van der Waals surface area (Å²) in [5.41, 5.74) is 1.36. The van der Waals surface area contributed by atoms with Gasteiger partial charge in [-0.25, -0.2) is 0 Å². The van der Waals surface area contributed by atoms with Crippen molar-refractivity contribution >= 4 is 5.97 Å². The Morgan fingerprint density at radius 1 is 0.767 bits per heavy atom. The lowest BCUT2D eigenvalue weighted by Crippen LogP contribution is -2.54. The van der Waals surface area contributed by atoms with Crippen molar-refractivity contribution < 1.29 is 9.53 Å². The van der Waals surface area contributed by atoms with E-state index in [1.54, 1.807) is 13.3 Å². The van der Waals surface area contributed by atoms with Crippen LogP contribution < -0.4 is 0 Å². The van der Waals surface area contributed by atoms with E-state index in [9.17, 15) is 4.79 Å². The Morgan fingerprint density at radius 3 is 2.20 bits per heavy atom. The van der Waals surface area contributed by atoms with Gasteiger partial charge in [0.05, 0.1) is 0 Å². The van der Waals surface area contributed by atoms with Crippen LogP contribution in [-0.2, 0) is 9.53 Å². The second-order valence-corrected chi connectivity index (χ2v) is 13.1. The van der Waals surface area contributed by atoms with E-state index in [4.69, 9.17) is 4.74 Å². The lowest BCUT2D eigenvalue weighted by atomic mass is 9.44.